The minimum Gasteiger partial charge on any atom is -0.491 e. The van der Waals surface area contributed by atoms with Gasteiger partial charge in [0, 0.05) is 18.7 Å². The van der Waals surface area contributed by atoms with Crippen molar-refractivity contribution in [3.8, 4) is 5.75 Å². The molecule has 4 nitrogen and oxygen atoms in total. The molecule has 1 heterocycles. The number of ether oxygens (including phenoxy) is 2. The van der Waals surface area contributed by atoms with Crippen molar-refractivity contribution in [3.63, 3.8) is 0 Å². The van der Waals surface area contributed by atoms with Crippen LogP contribution in [-0.4, -0.2) is 43.1 Å². The predicted molar refractivity (Wildman–Crippen MR) is 83.9 cm³/mol. The Morgan fingerprint density at radius 3 is 2.95 bits per heavy atom. The van der Waals surface area contributed by atoms with Crippen LogP contribution < -0.4 is 10.1 Å². The van der Waals surface area contributed by atoms with Crippen molar-refractivity contribution in [2.45, 2.75) is 45.3 Å². The smallest absolute Gasteiger partial charge is 0.122 e. The van der Waals surface area contributed by atoms with Gasteiger partial charge in [0.2, 0.25) is 0 Å². The Bertz CT molecular complexity index is 455. The lowest BCUT2D eigenvalue weighted by Gasteiger charge is -2.35. The van der Waals surface area contributed by atoms with Crippen LogP contribution in [0.25, 0.3) is 0 Å². The molecule has 0 bridgehead atoms. The van der Waals surface area contributed by atoms with Gasteiger partial charge in [0.25, 0.3) is 0 Å². The van der Waals surface area contributed by atoms with Crippen LogP contribution in [0.1, 0.15) is 30.9 Å². The van der Waals surface area contributed by atoms with Gasteiger partial charge in [-0.1, -0.05) is 12.1 Å². The fourth-order valence-electron chi connectivity index (χ4n) is 2.55. The van der Waals surface area contributed by atoms with Gasteiger partial charge in [0.05, 0.1) is 6.61 Å². The third kappa shape index (κ3) is 4.99. The van der Waals surface area contributed by atoms with Crippen molar-refractivity contribution in [2.75, 3.05) is 26.4 Å². The number of rotatable bonds is 6. The van der Waals surface area contributed by atoms with Gasteiger partial charge in [-0.3, -0.25) is 0 Å². The van der Waals surface area contributed by atoms with E-state index in [0.717, 1.165) is 36.3 Å². The summed E-state index contributed by atoms with van der Waals surface area (Å²) in [7, 11) is 0. The Labute approximate surface area is 127 Å². The molecule has 0 saturated carbocycles. The minimum absolute atomic E-state index is 0.0293. The third-order valence-electron chi connectivity index (χ3n) is 3.98. The van der Waals surface area contributed by atoms with E-state index >= 15 is 0 Å². The van der Waals surface area contributed by atoms with Crippen molar-refractivity contribution in [2.24, 2.45) is 0 Å². The number of aliphatic hydroxyl groups is 1. The molecule has 118 valence electrons. The van der Waals surface area contributed by atoms with E-state index in [1.807, 2.05) is 26.0 Å². The topological polar surface area (TPSA) is 50.7 Å². The number of hydrogen-bond donors (Lipinski definition) is 2. The van der Waals surface area contributed by atoms with E-state index in [1.54, 1.807) is 0 Å². The van der Waals surface area contributed by atoms with Crippen LogP contribution in [0.15, 0.2) is 18.2 Å². The summed E-state index contributed by atoms with van der Waals surface area (Å²) in [4.78, 5) is 0. The highest BCUT2D eigenvalue weighted by molar-refractivity contribution is 5.35. The number of nitrogens with one attached hydrogen (secondary N) is 1. The van der Waals surface area contributed by atoms with E-state index in [2.05, 4.69) is 18.3 Å². The van der Waals surface area contributed by atoms with E-state index in [4.69, 9.17) is 9.47 Å². The second-order valence-electron chi connectivity index (χ2n) is 6.33. The Balaban J connectivity index is 1.76. The van der Waals surface area contributed by atoms with Crippen LogP contribution in [0.4, 0.5) is 0 Å². The van der Waals surface area contributed by atoms with E-state index < -0.39 is 6.10 Å². The molecule has 1 aromatic rings. The highest BCUT2D eigenvalue weighted by Crippen LogP contribution is 2.20. The van der Waals surface area contributed by atoms with Crippen LogP contribution in [-0.2, 0) is 4.74 Å². The first-order chi connectivity index (χ1) is 9.98. The molecule has 1 saturated heterocycles. The van der Waals surface area contributed by atoms with E-state index in [9.17, 15) is 5.11 Å². The van der Waals surface area contributed by atoms with Crippen molar-refractivity contribution in [1.82, 2.24) is 5.32 Å². The first-order valence-corrected chi connectivity index (χ1v) is 7.69. The van der Waals surface area contributed by atoms with E-state index in [-0.39, 0.29) is 5.54 Å². The molecule has 0 aromatic heterocycles. The molecule has 1 aliphatic heterocycles. The van der Waals surface area contributed by atoms with Crippen LogP contribution in [0, 0.1) is 13.8 Å². The molecule has 0 spiro atoms. The molecular formula is C17H27NO3. The second-order valence-corrected chi connectivity index (χ2v) is 6.33. The molecular weight excluding hydrogens is 266 g/mol. The zero-order valence-corrected chi connectivity index (χ0v) is 13.3. The van der Waals surface area contributed by atoms with Crippen LogP contribution in [0.2, 0.25) is 0 Å². The van der Waals surface area contributed by atoms with E-state index in [1.165, 1.54) is 0 Å². The normalized spacial score (nSPS) is 23.8. The average Bonchev–Trinajstić information content (AvgIpc) is 2.47. The summed E-state index contributed by atoms with van der Waals surface area (Å²) in [6.07, 6.45) is 1.62. The van der Waals surface area contributed by atoms with Gasteiger partial charge in [0.1, 0.15) is 18.5 Å². The third-order valence-corrected chi connectivity index (χ3v) is 3.98. The van der Waals surface area contributed by atoms with Crippen LogP contribution in [0.5, 0.6) is 5.75 Å². The summed E-state index contributed by atoms with van der Waals surface area (Å²) < 4.78 is 11.2. The molecule has 1 aromatic carbocycles. The summed E-state index contributed by atoms with van der Waals surface area (Å²) in [6, 6.07) is 6.10. The van der Waals surface area contributed by atoms with Crippen LogP contribution in [0.3, 0.4) is 0 Å². The molecule has 0 amide bonds. The molecule has 2 unspecified atom stereocenters. The standard InChI is InChI=1S/C17H27NO3/c1-13-5-6-14(2)16(9-13)21-11-15(19)10-18-17(3)7-4-8-20-12-17/h5-6,9,15,18-19H,4,7-8,10-12H2,1-3H3. The van der Waals surface area contributed by atoms with Gasteiger partial charge in [-0.05, 0) is 50.8 Å². The Hall–Kier alpha value is -1.10. The van der Waals surface area contributed by atoms with Crippen molar-refractivity contribution in [1.29, 1.82) is 0 Å². The average molecular weight is 293 g/mol. The Morgan fingerprint density at radius 2 is 2.24 bits per heavy atom. The fourth-order valence-corrected chi connectivity index (χ4v) is 2.55. The van der Waals surface area contributed by atoms with Gasteiger partial charge in [-0.2, -0.15) is 0 Å². The number of aliphatic hydroxyl groups excluding tert-OH is 1. The first kappa shape index (κ1) is 16.3. The van der Waals surface area contributed by atoms with Gasteiger partial charge < -0.3 is 19.9 Å². The molecule has 2 N–H and O–H groups in total. The molecule has 0 aliphatic carbocycles. The molecule has 0 radical (unpaired) electrons. The molecule has 4 heteroatoms. The minimum atomic E-state index is -0.524. The number of hydrogen-bond acceptors (Lipinski definition) is 4. The monoisotopic (exact) mass is 293 g/mol. The lowest BCUT2D eigenvalue weighted by molar-refractivity contribution is 0.0184. The number of benzene rings is 1. The zero-order valence-electron chi connectivity index (χ0n) is 13.3. The molecule has 1 aliphatic rings. The van der Waals surface area contributed by atoms with Crippen LogP contribution >= 0.6 is 0 Å². The van der Waals surface area contributed by atoms with Gasteiger partial charge in [-0.15, -0.1) is 0 Å². The molecule has 1 fully saturated rings. The van der Waals surface area contributed by atoms with Gasteiger partial charge >= 0.3 is 0 Å². The maximum absolute atomic E-state index is 10.1. The second kappa shape index (κ2) is 7.25. The van der Waals surface area contributed by atoms with Crippen molar-refractivity contribution >= 4 is 0 Å². The van der Waals surface area contributed by atoms with Crippen molar-refractivity contribution < 1.29 is 14.6 Å². The summed E-state index contributed by atoms with van der Waals surface area (Å²) in [5.41, 5.74) is 2.22. The SMILES string of the molecule is Cc1ccc(C)c(OCC(O)CNC2(C)CCCOC2)c1. The lowest BCUT2D eigenvalue weighted by atomic mass is 9.95. The summed E-state index contributed by atoms with van der Waals surface area (Å²) >= 11 is 0. The highest BCUT2D eigenvalue weighted by atomic mass is 16.5. The maximum atomic E-state index is 10.1. The Morgan fingerprint density at radius 1 is 1.43 bits per heavy atom. The number of β-amino-alcohol motifs (C(OH)–C–C–N with tert-alkyl or cyclic N) is 1. The first-order valence-electron chi connectivity index (χ1n) is 7.69. The zero-order chi connectivity index (χ0) is 15.3. The number of aryl methyl sites for hydroxylation is 2. The lowest BCUT2D eigenvalue weighted by Crippen LogP contribution is -2.51. The summed E-state index contributed by atoms with van der Waals surface area (Å²) in [5.74, 6) is 0.848. The fraction of sp³-hybridized carbons (Fsp3) is 0.647. The van der Waals surface area contributed by atoms with Gasteiger partial charge in [-0.25, -0.2) is 0 Å². The Kier molecular flexibility index (Phi) is 5.62. The molecule has 2 rings (SSSR count). The van der Waals surface area contributed by atoms with Crippen molar-refractivity contribution in [3.05, 3.63) is 29.3 Å². The van der Waals surface area contributed by atoms with E-state index in [0.29, 0.717) is 19.8 Å². The molecule has 2 atom stereocenters. The quantitative estimate of drug-likeness (QED) is 0.844. The summed E-state index contributed by atoms with van der Waals surface area (Å²) in [5, 5.41) is 13.5. The predicted octanol–water partition coefficient (Wildman–Crippen LogP) is 2.20. The largest absolute Gasteiger partial charge is 0.491 e. The van der Waals surface area contributed by atoms with Gasteiger partial charge in [0.15, 0.2) is 0 Å². The maximum Gasteiger partial charge on any atom is 0.122 e. The summed E-state index contributed by atoms with van der Waals surface area (Å²) in [6.45, 7) is 8.56. The highest BCUT2D eigenvalue weighted by Gasteiger charge is 2.27. The molecule has 21 heavy (non-hydrogen) atoms.